The van der Waals surface area contributed by atoms with Crippen molar-refractivity contribution in [2.45, 2.75) is 19.3 Å². The molecule has 0 saturated carbocycles. The summed E-state index contributed by atoms with van der Waals surface area (Å²) >= 11 is 1.46. The minimum atomic E-state index is -0.0838. The van der Waals surface area contributed by atoms with Crippen molar-refractivity contribution >= 4 is 60.9 Å². The molecule has 3 nitrogen and oxygen atoms in total. The summed E-state index contributed by atoms with van der Waals surface area (Å²) in [5.74, 6) is 0.741. The second-order valence-corrected chi connectivity index (χ2v) is 14.3. The predicted octanol–water partition coefficient (Wildman–Crippen LogP) is 12.5. The average molecular weight is 646 g/mol. The van der Waals surface area contributed by atoms with Crippen molar-refractivity contribution in [2.75, 3.05) is 4.90 Å². The molecule has 1 aliphatic carbocycles. The van der Waals surface area contributed by atoms with E-state index >= 15 is 0 Å². The summed E-state index contributed by atoms with van der Waals surface area (Å²) in [7, 11) is 0. The van der Waals surface area contributed by atoms with Crippen LogP contribution in [0.3, 0.4) is 0 Å². The largest absolute Gasteiger partial charge is 0.310 e. The van der Waals surface area contributed by atoms with Crippen LogP contribution in [0.4, 0.5) is 17.1 Å². The summed E-state index contributed by atoms with van der Waals surface area (Å²) in [6, 6.07) is 54.9. The molecule has 0 atom stereocenters. The Bertz CT molecular complexity index is 2640. The lowest BCUT2D eigenvalue weighted by Crippen LogP contribution is -2.16. The third-order valence-corrected chi connectivity index (χ3v) is 11.1. The zero-order chi connectivity index (χ0) is 32.7. The average Bonchev–Trinajstić information content (AvgIpc) is 3.73. The summed E-state index contributed by atoms with van der Waals surface area (Å²) < 4.78 is 4.89. The topological polar surface area (TPSA) is 29.0 Å². The van der Waals surface area contributed by atoms with E-state index in [1.807, 2.05) is 0 Å². The molecule has 0 saturated heterocycles. The second kappa shape index (κ2) is 10.6. The first kappa shape index (κ1) is 28.2. The Morgan fingerprint density at radius 1 is 0.490 bits per heavy atom. The number of rotatable bonds is 5. The van der Waals surface area contributed by atoms with E-state index in [9.17, 15) is 0 Å². The van der Waals surface area contributed by atoms with Gasteiger partial charge in [0, 0.05) is 33.6 Å². The van der Waals surface area contributed by atoms with Gasteiger partial charge in [-0.1, -0.05) is 117 Å². The maximum atomic E-state index is 5.11. The highest BCUT2D eigenvalue weighted by atomic mass is 32.1. The van der Waals surface area contributed by atoms with Gasteiger partial charge in [-0.2, -0.15) is 4.37 Å². The fourth-order valence-electron chi connectivity index (χ4n) is 7.97. The Labute approximate surface area is 289 Å². The van der Waals surface area contributed by atoms with E-state index in [4.69, 9.17) is 9.36 Å². The van der Waals surface area contributed by atoms with E-state index in [1.165, 1.54) is 66.1 Å². The van der Waals surface area contributed by atoms with E-state index in [-0.39, 0.29) is 5.41 Å². The molecule has 0 unspecified atom stereocenters. The Morgan fingerprint density at radius 3 is 1.92 bits per heavy atom. The monoisotopic (exact) mass is 645 g/mol. The van der Waals surface area contributed by atoms with Crippen molar-refractivity contribution in [1.29, 1.82) is 0 Å². The van der Waals surface area contributed by atoms with Crippen LogP contribution in [0.2, 0.25) is 0 Å². The van der Waals surface area contributed by atoms with Crippen LogP contribution in [0.5, 0.6) is 0 Å². The van der Waals surface area contributed by atoms with Crippen LogP contribution < -0.4 is 4.90 Å². The van der Waals surface area contributed by atoms with Crippen LogP contribution in [0.25, 0.3) is 65.4 Å². The molecule has 0 radical (unpaired) electrons. The Morgan fingerprint density at radius 2 is 1.12 bits per heavy atom. The maximum Gasteiger partial charge on any atom is 0.173 e. The highest BCUT2D eigenvalue weighted by Gasteiger charge is 2.35. The predicted molar refractivity (Wildman–Crippen MR) is 207 cm³/mol. The van der Waals surface area contributed by atoms with E-state index in [0.29, 0.717) is 0 Å². The maximum absolute atomic E-state index is 5.11. The molecule has 1 aliphatic rings. The molecule has 0 N–H and O–H groups in total. The molecule has 0 bridgehead atoms. The molecular formula is C45H31N3S. The quantitative estimate of drug-likeness (QED) is 0.174. The van der Waals surface area contributed by atoms with Gasteiger partial charge in [0.25, 0.3) is 0 Å². The van der Waals surface area contributed by atoms with Gasteiger partial charge in [-0.05, 0) is 115 Å². The summed E-state index contributed by atoms with van der Waals surface area (Å²) in [5.41, 5.74) is 10.7. The first-order valence-electron chi connectivity index (χ1n) is 16.7. The van der Waals surface area contributed by atoms with Gasteiger partial charge < -0.3 is 4.90 Å². The molecule has 1 aromatic heterocycles. The molecule has 4 heteroatoms. The minimum absolute atomic E-state index is 0.0838. The molecule has 0 fully saturated rings. The summed E-state index contributed by atoms with van der Waals surface area (Å²) in [5, 5.41) is 8.59. The van der Waals surface area contributed by atoms with E-state index in [2.05, 4.69) is 170 Å². The van der Waals surface area contributed by atoms with E-state index < -0.39 is 0 Å². The molecule has 232 valence electrons. The molecule has 9 aromatic rings. The van der Waals surface area contributed by atoms with Gasteiger partial charge in [0.1, 0.15) is 5.01 Å². The Hall–Kier alpha value is -5.84. The van der Waals surface area contributed by atoms with Gasteiger partial charge >= 0.3 is 0 Å². The molecular weight excluding hydrogens is 615 g/mol. The van der Waals surface area contributed by atoms with Crippen molar-refractivity contribution in [2.24, 2.45) is 0 Å². The lowest BCUT2D eigenvalue weighted by Gasteiger charge is -2.28. The van der Waals surface area contributed by atoms with Crippen LogP contribution >= 0.6 is 11.5 Å². The second-order valence-electron chi connectivity index (χ2n) is 13.6. The van der Waals surface area contributed by atoms with Gasteiger partial charge in [0.2, 0.25) is 0 Å². The molecule has 49 heavy (non-hydrogen) atoms. The van der Waals surface area contributed by atoms with Crippen LogP contribution in [-0.2, 0) is 5.41 Å². The standard InChI is InChI=1S/C45H31N3S/c1-45(2)39-17-7-6-16-37(39)38-23-22-36(27-40(38)45)48(34-13-4-3-5-14-34)35-15-9-12-32(26-35)43-46-44(49-47-43)33-24-30-20-18-28-10-8-11-29-19-21-31(25-33)42(30)41(28)29/h3-27H,1-2H3. The van der Waals surface area contributed by atoms with Gasteiger partial charge in [0.15, 0.2) is 5.82 Å². The van der Waals surface area contributed by atoms with Gasteiger partial charge in [-0.15, -0.1) is 0 Å². The number of benzene rings is 8. The number of hydrogen-bond donors (Lipinski definition) is 0. The van der Waals surface area contributed by atoms with Gasteiger partial charge in [-0.25, -0.2) is 4.98 Å². The zero-order valence-electron chi connectivity index (χ0n) is 27.2. The number of hydrogen-bond acceptors (Lipinski definition) is 4. The lowest BCUT2D eigenvalue weighted by atomic mass is 9.82. The summed E-state index contributed by atoms with van der Waals surface area (Å²) in [6.45, 7) is 4.67. The van der Waals surface area contributed by atoms with E-state index in [1.54, 1.807) is 0 Å². The molecule has 0 spiro atoms. The van der Waals surface area contributed by atoms with E-state index in [0.717, 1.165) is 39.0 Å². The summed E-state index contributed by atoms with van der Waals surface area (Å²) in [4.78, 5) is 7.45. The normalized spacial score (nSPS) is 13.3. The van der Waals surface area contributed by atoms with Crippen molar-refractivity contribution in [3.63, 3.8) is 0 Å². The third kappa shape index (κ3) is 4.34. The van der Waals surface area contributed by atoms with Crippen LogP contribution in [0.1, 0.15) is 25.0 Å². The number of para-hydroxylation sites is 1. The fraction of sp³-hybridized carbons (Fsp3) is 0.0667. The number of anilines is 3. The Kier molecular flexibility index (Phi) is 6.09. The third-order valence-electron chi connectivity index (χ3n) is 10.3. The lowest BCUT2D eigenvalue weighted by molar-refractivity contribution is 0.660. The van der Waals surface area contributed by atoms with Crippen molar-refractivity contribution in [3.8, 4) is 33.1 Å². The molecule has 10 rings (SSSR count). The SMILES string of the molecule is CC1(C)c2ccccc2-c2ccc(N(c3ccccc3)c3cccc(-c4nsc(-c5cc6ccc7cccc8ccc(c5)c6c78)n4)c3)cc21. The number of nitrogens with zero attached hydrogens (tertiary/aromatic N) is 3. The molecule has 0 aliphatic heterocycles. The highest BCUT2D eigenvalue weighted by molar-refractivity contribution is 7.09. The molecule has 1 heterocycles. The first-order valence-corrected chi connectivity index (χ1v) is 17.5. The van der Waals surface area contributed by atoms with Crippen LogP contribution in [-0.4, -0.2) is 9.36 Å². The molecule has 0 amide bonds. The first-order chi connectivity index (χ1) is 24.0. The van der Waals surface area contributed by atoms with Gasteiger partial charge in [0.05, 0.1) is 0 Å². The smallest absolute Gasteiger partial charge is 0.173 e. The fourth-order valence-corrected chi connectivity index (χ4v) is 8.64. The van der Waals surface area contributed by atoms with Crippen LogP contribution in [0, 0.1) is 0 Å². The van der Waals surface area contributed by atoms with Crippen LogP contribution in [0.15, 0.2) is 152 Å². The summed E-state index contributed by atoms with van der Waals surface area (Å²) in [6.07, 6.45) is 0. The number of fused-ring (bicyclic) bond motifs is 3. The van der Waals surface area contributed by atoms with Gasteiger partial charge in [-0.3, -0.25) is 0 Å². The minimum Gasteiger partial charge on any atom is -0.310 e. The Balaban J connectivity index is 1.05. The van der Waals surface area contributed by atoms with Crippen molar-refractivity contribution in [1.82, 2.24) is 9.36 Å². The zero-order valence-corrected chi connectivity index (χ0v) is 28.0. The van der Waals surface area contributed by atoms with Crippen molar-refractivity contribution < 1.29 is 0 Å². The number of aromatic nitrogens is 2. The van der Waals surface area contributed by atoms with Crippen molar-refractivity contribution in [3.05, 3.63) is 163 Å². The molecule has 8 aromatic carbocycles. The highest BCUT2D eigenvalue weighted by Crippen LogP contribution is 2.50.